The maximum absolute atomic E-state index is 6.25. The van der Waals surface area contributed by atoms with Gasteiger partial charge >= 0.3 is 54.8 Å². The summed E-state index contributed by atoms with van der Waals surface area (Å²) in [5, 5.41) is 6.25. The Balaban J connectivity index is -0.00000000764. The van der Waals surface area contributed by atoms with Gasteiger partial charge in [-0.25, -0.2) is 0 Å². The van der Waals surface area contributed by atoms with E-state index in [1.54, 1.807) is 13.8 Å². The smallest absolute Gasteiger partial charge is 0.512 e. The molecule has 0 unspecified atom stereocenters. The first-order valence-electron chi connectivity index (χ1n) is 1.93. The Morgan fingerprint density at radius 1 is 1.00 bits per heavy atom. The van der Waals surface area contributed by atoms with Gasteiger partial charge in [0, 0.05) is 0 Å². The molecule has 1 nitrogen and oxygen atoms in total. The van der Waals surface area contributed by atoms with Gasteiger partial charge in [-0.3, -0.25) is 13.2 Å². The predicted molar refractivity (Wildman–Crippen MR) is 34.1 cm³/mol. The molecule has 0 spiro atoms. The van der Waals surface area contributed by atoms with Crippen LogP contribution in [0.15, 0.2) is 13.2 Å². The molecule has 0 fully saturated rings. The van der Waals surface area contributed by atoms with Gasteiger partial charge in [0.15, 0.2) is 0 Å². The minimum absolute atomic E-state index is 0. The molecule has 0 atom stereocenters. The van der Waals surface area contributed by atoms with E-state index in [2.05, 4.69) is 25.3 Å². The topological polar surface area (TPSA) is 23.8 Å². The van der Waals surface area contributed by atoms with E-state index in [4.69, 9.17) is 11.8 Å². The number of nitrogens with zero attached hydrogens (tertiary/aromatic N) is 1. The molecular formula is C7H10CuLi2N. The number of hydrogen-bond acceptors (Lipinski definition) is 1. The molecule has 0 heterocycles. The molecule has 0 aliphatic rings. The Hall–Kier alpha value is 0.684. The zero-order chi connectivity index (χ0) is 7.41. The second-order valence-corrected chi connectivity index (χ2v) is 0.707. The van der Waals surface area contributed by atoms with Crippen LogP contribution >= 0.6 is 0 Å². The fraction of sp³-hybridized carbons (Fsp3) is 0.286. The summed E-state index contributed by atoms with van der Waals surface area (Å²) in [6, 6.07) is 0. The minimum atomic E-state index is 0. The van der Waals surface area contributed by atoms with Crippen molar-refractivity contribution in [3.8, 4) is 0 Å². The maximum Gasteiger partial charge on any atom is 1.00 e. The van der Waals surface area contributed by atoms with Gasteiger partial charge in [-0.2, -0.15) is 13.8 Å². The average molecular weight is 186 g/mol. The SMILES string of the molecule is C=[C-]C.C=[C-]C.[C-]#N.[Cu+].[Li+].[Li+]. The molecule has 0 rings (SSSR count). The Morgan fingerprint density at radius 2 is 1.00 bits per heavy atom. The molecule has 0 N–H and O–H groups in total. The molecular weight excluding hydrogens is 176 g/mol. The van der Waals surface area contributed by atoms with Crippen molar-refractivity contribution in [2.24, 2.45) is 0 Å². The van der Waals surface area contributed by atoms with Gasteiger partial charge in [-0.05, 0) is 0 Å². The fourth-order valence-electron chi connectivity index (χ4n) is 0. The van der Waals surface area contributed by atoms with Gasteiger partial charge in [0.1, 0.15) is 0 Å². The predicted octanol–water partition coefficient (Wildman–Crippen LogP) is -3.91. The summed E-state index contributed by atoms with van der Waals surface area (Å²) in [4.78, 5) is 0. The number of allylic oxidation sites excluding steroid dienone is 2. The molecule has 4 heteroatoms. The normalized spacial score (nSPS) is 2.55. The van der Waals surface area contributed by atoms with Crippen molar-refractivity contribution >= 4 is 0 Å². The van der Waals surface area contributed by atoms with Gasteiger partial charge in [0.2, 0.25) is 0 Å². The van der Waals surface area contributed by atoms with Crippen LogP contribution < -0.4 is 37.7 Å². The van der Waals surface area contributed by atoms with Crippen LogP contribution in [0.1, 0.15) is 13.8 Å². The van der Waals surface area contributed by atoms with Gasteiger partial charge in [-0.15, -0.1) is 0 Å². The van der Waals surface area contributed by atoms with Gasteiger partial charge in [0.05, 0.1) is 0 Å². The molecule has 0 saturated carbocycles. The molecule has 0 aliphatic heterocycles. The van der Waals surface area contributed by atoms with Crippen molar-refractivity contribution in [3.05, 3.63) is 31.9 Å². The molecule has 0 amide bonds. The van der Waals surface area contributed by atoms with E-state index in [1.165, 1.54) is 0 Å². The van der Waals surface area contributed by atoms with E-state index in [-0.39, 0.29) is 54.8 Å². The molecule has 56 valence electrons. The van der Waals surface area contributed by atoms with Crippen molar-refractivity contribution in [1.82, 2.24) is 0 Å². The van der Waals surface area contributed by atoms with Gasteiger partial charge in [-0.1, -0.05) is 0 Å². The zero-order valence-electron chi connectivity index (χ0n) is 7.66. The summed E-state index contributed by atoms with van der Waals surface area (Å²) in [5.74, 6) is 0. The minimum Gasteiger partial charge on any atom is -0.512 e. The standard InChI is InChI=1S/2C3H5.CN.Cu.2Li/c2*1-3-2;1-2;;;/h2*1H2,2H3;;;;/q3*-1;3*+1. The van der Waals surface area contributed by atoms with E-state index in [0.29, 0.717) is 0 Å². The molecule has 0 saturated heterocycles. The average Bonchev–Trinajstić information content (AvgIpc) is 1.75. The summed E-state index contributed by atoms with van der Waals surface area (Å²) in [6.07, 6.45) is 5.00. The van der Waals surface area contributed by atoms with Crippen LogP contribution in [0.2, 0.25) is 0 Å². The molecule has 0 bridgehead atoms. The van der Waals surface area contributed by atoms with E-state index in [9.17, 15) is 0 Å². The van der Waals surface area contributed by atoms with E-state index in [1.807, 2.05) is 0 Å². The van der Waals surface area contributed by atoms with Crippen LogP contribution in [0.5, 0.6) is 0 Å². The van der Waals surface area contributed by atoms with Crippen LogP contribution in [-0.2, 0) is 17.1 Å². The quantitative estimate of drug-likeness (QED) is 0.280. The molecule has 0 aromatic rings. The molecule has 0 aromatic heterocycles. The number of hydrogen-bond donors (Lipinski definition) is 0. The third kappa shape index (κ3) is 1720. The van der Waals surface area contributed by atoms with Crippen LogP contribution in [-0.4, -0.2) is 0 Å². The van der Waals surface area contributed by atoms with Crippen LogP contribution in [0.4, 0.5) is 0 Å². The number of rotatable bonds is 0. The Bertz CT molecular complexity index is 58.7. The van der Waals surface area contributed by atoms with Crippen molar-refractivity contribution in [2.45, 2.75) is 13.8 Å². The van der Waals surface area contributed by atoms with Gasteiger partial charge < -0.3 is 24.0 Å². The van der Waals surface area contributed by atoms with Crippen molar-refractivity contribution < 1.29 is 54.8 Å². The third-order valence-electron chi connectivity index (χ3n) is 0. The Labute approximate surface area is 105 Å². The van der Waals surface area contributed by atoms with Crippen molar-refractivity contribution in [3.63, 3.8) is 0 Å². The first-order valence-corrected chi connectivity index (χ1v) is 1.93. The second kappa shape index (κ2) is 139. The molecule has 0 aromatic carbocycles. The third-order valence-corrected chi connectivity index (χ3v) is 0. The summed E-state index contributed by atoms with van der Waals surface area (Å²) in [6.45, 7) is 14.8. The van der Waals surface area contributed by atoms with Crippen LogP contribution in [0.25, 0.3) is 0 Å². The van der Waals surface area contributed by atoms with E-state index < -0.39 is 0 Å². The summed E-state index contributed by atoms with van der Waals surface area (Å²) in [5.41, 5.74) is 0. The summed E-state index contributed by atoms with van der Waals surface area (Å²) in [7, 11) is 0. The van der Waals surface area contributed by atoms with Crippen molar-refractivity contribution in [2.75, 3.05) is 0 Å². The van der Waals surface area contributed by atoms with Gasteiger partial charge in [0.25, 0.3) is 0 Å². The fourth-order valence-corrected chi connectivity index (χ4v) is 0. The second-order valence-electron chi connectivity index (χ2n) is 0.707. The monoisotopic (exact) mass is 185 g/mol. The molecule has 0 radical (unpaired) electrons. The van der Waals surface area contributed by atoms with E-state index >= 15 is 0 Å². The Morgan fingerprint density at radius 3 is 1.00 bits per heavy atom. The van der Waals surface area contributed by atoms with Crippen LogP contribution in [0.3, 0.4) is 0 Å². The maximum atomic E-state index is 6.25. The van der Waals surface area contributed by atoms with Crippen LogP contribution in [0, 0.1) is 24.0 Å². The molecule has 11 heavy (non-hydrogen) atoms. The molecule has 0 aliphatic carbocycles. The first-order chi connectivity index (χ1) is 3.83. The summed E-state index contributed by atoms with van der Waals surface area (Å²) < 4.78 is 0. The first kappa shape index (κ1) is 41.3. The largest absolute Gasteiger partial charge is 1.00 e. The van der Waals surface area contributed by atoms with Crippen molar-refractivity contribution in [1.29, 1.82) is 5.26 Å². The van der Waals surface area contributed by atoms with E-state index in [0.717, 1.165) is 0 Å². The zero-order valence-corrected chi connectivity index (χ0v) is 8.60. The Kier molecular flexibility index (Phi) is 522. The summed E-state index contributed by atoms with van der Waals surface area (Å²) >= 11 is 0.